The van der Waals surface area contributed by atoms with Crippen LogP contribution in [-0.2, 0) is 4.79 Å². The van der Waals surface area contributed by atoms with Crippen LogP contribution in [0.25, 0.3) is 0 Å². The van der Waals surface area contributed by atoms with Crippen molar-refractivity contribution in [1.29, 1.82) is 0 Å². The zero-order chi connectivity index (χ0) is 11.4. The highest BCUT2D eigenvalue weighted by molar-refractivity contribution is 5.82. The van der Waals surface area contributed by atoms with E-state index in [9.17, 15) is 4.79 Å². The van der Waals surface area contributed by atoms with Crippen molar-refractivity contribution in [3.8, 4) is 0 Å². The number of nitrogens with zero attached hydrogens (tertiary/aromatic N) is 1. The number of hydrogen-bond acceptors (Lipinski definition) is 3. The van der Waals surface area contributed by atoms with Crippen LogP contribution in [0, 0.1) is 0 Å². The van der Waals surface area contributed by atoms with E-state index in [0.29, 0.717) is 12.6 Å². The summed E-state index contributed by atoms with van der Waals surface area (Å²) in [6.07, 6.45) is 6.70. The normalized spacial score (nSPS) is 26.2. The molecule has 1 aliphatic heterocycles. The minimum Gasteiger partial charge on any atom is -0.395 e. The molecule has 1 aliphatic carbocycles. The predicted molar refractivity (Wildman–Crippen MR) is 62.1 cm³/mol. The maximum Gasteiger partial charge on any atom is 0.240 e. The lowest BCUT2D eigenvalue weighted by Crippen LogP contribution is -2.54. The molecule has 1 atom stereocenters. The van der Waals surface area contributed by atoms with E-state index in [-0.39, 0.29) is 18.6 Å². The molecule has 0 aromatic heterocycles. The molecule has 1 unspecified atom stereocenters. The Morgan fingerprint density at radius 2 is 2.06 bits per heavy atom. The van der Waals surface area contributed by atoms with Crippen LogP contribution in [0.1, 0.15) is 38.5 Å². The zero-order valence-corrected chi connectivity index (χ0v) is 9.82. The molecule has 2 aliphatic rings. The molecule has 1 saturated heterocycles. The third-order valence-corrected chi connectivity index (χ3v) is 3.75. The van der Waals surface area contributed by atoms with Gasteiger partial charge in [-0.3, -0.25) is 4.79 Å². The van der Waals surface area contributed by atoms with E-state index in [1.165, 1.54) is 12.8 Å². The molecule has 0 spiro atoms. The number of nitrogens with one attached hydrogen (secondary N) is 1. The Morgan fingerprint density at radius 3 is 2.56 bits per heavy atom. The second kappa shape index (κ2) is 5.64. The monoisotopic (exact) mass is 226 g/mol. The summed E-state index contributed by atoms with van der Waals surface area (Å²) in [5.41, 5.74) is 0. The lowest BCUT2D eigenvalue weighted by Gasteiger charge is -2.40. The summed E-state index contributed by atoms with van der Waals surface area (Å²) in [5, 5.41) is 12.3. The first-order valence-electron chi connectivity index (χ1n) is 6.47. The fourth-order valence-corrected chi connectivity index (χ4v) is 2.54. The molecular weight excluding hydrogens is 204 g/mol. The van der Waals surface area contributed by atoms with Gasteiger partial charge in [0, 0.05) is 12.6 Å². The Kier molecular flexibility index (Phi) is 4.18. The Morgan fingerprint density at radius 1 is 1.25 bits per heavy atom. The van der Waals surface area contributed by atoms with Crippen molar-refractivity contribution < 1.29 is 9.90 Å². The van der Waals surface area contributed by atoms with Crippen molar-refractivity contribution in [1.82, 2.24) is 10.2 Å². The fraction of sp³-hybridized carbons (Fsp3) is 0.917. The van der Waals surface area contributed by atoms with Crippen LogP contribution >= 0.6 is 0 Å². The van der Waals surface area contributed by atoms with Gasteiger partial charge in [-0.15, -0.1) is 0 Å². The second-order valence-electron chi connectivity index (χ2n) is 4.84. The third kappa shape index (κ3) is 2.55. The van der Waals surface area contributed by atoms with Gasteiger partial charge >= 0.3 is 0 Å². The molecule has 4 nitrogen and oxygen atoms in total. The minimum atomic E-state index is 0.000833. The molecule has 0 aromatic carbocycles. The number of carbonyl (C=O) groups is 1. The van der Waals surface area contributed by atoms with E-state index in [4.69, 9.17) is 5.11 Å². The number of piperidine rings is 1. The van der Waals surface area contributed by atoms with Crippen LogP contribution in [0.4, 0.5) is 0 Å². The molecule has 0 radical (unpaired) electrons. The Labute approximate surface area is 97.0 Å². The van der Waals surface area contributed by atoms with Crippen LogP contribution < -0.4 is 5.32 Å². The van der Waals surface area contributed by atoms with Crippen LogP contribution in [-0.4, -0.2) is 47.7 Å². The van der Waals surface area contributed by atoms with Crippen LogP contribution in [0.3, 0.4) is 0 Å². The molecule has 16 heavy (non-hydrogen) atoms. The van der Waals surface area contributed by atoms with E-state index in [1.807, 2.05) is 4.90 Å². The van der Waals surface area contributed by atoms with Crippen molar-refractivity contribution in [2.45, 2.75) is 50.6 Å². The molecule has 1 heterocycles. The molecule has 92 valence electrons. The first kappa shape index (κ1) is 11.9. The molecular formula is C12H22N2O2. The summed E-state index contributed by atoms with van der Waals surface area (Å²) < 4.78 is 0. The van der Waals surface area contributed by atoms with Gasteiger partial charge < -0.3 is 15.3 Å². The second-order valence-corrected chi connectivity index (χ2v) is 4.84. The van der Waals surface area contributed by atoms with Crippen LogP contribution in [0.5, 0.6) is 0 Å². The van der Waals surface area contributed by atoms with Crippen molar-refractivity contribution in [3.63, 3.8) is 0 Å². The van der Waals surface area contributed by atoms with Crippen molar-refractivity contribution in [2.75, 3.05) is 19.7 Å². The quantitative estimate of drug-likeness (QED) is 0.734. The fourth-order valence-electron chi connectivity index (χ4n) is 2.54. The maximum absolute atomic E-state index is 12.3. The first-order valence-corrected chi connectivity index (χ1v) is 6.47. The highest BCUT2D eigenvalue weighted by atomic mass is 16.3. The molecule has 4 heteroatoms. The van der Waals surface area contributed by atoms with Crippen molar-refractivity contribution in [3.05, 3.63) is 0 Å². The summed E-state index contributed by atoms with van der Waals surface area (Å²) in [4.78, 5) is 14.2. The lowest BCUT2D eigenvalue weighted by molar-refractivity contribution is -0.138. The Hall–Kier alpha value is -0.610. The molecule has 2 rings (SSSR count). The number of amides is 1. The summed E-state index contributed by atoms with van der Waals surface area (Å²) >= 11 is 0. The standard InChI is InChI=1S/C12H22N2O2/c15-9-8-14(10-4-3-5-10)12(16)11-6-1-2-7-13-11/h10-11,13,15H,1-9H2. The summed E-state index contributed by atoms with van der Waals surface area (Å²) in [6, 6.07) is 0.393. The molecule has 1 amide bonds. The van der Waals surface area contributed by atoms with Gasteiger partial charge in [0.2, 0.25) is 5.91 Å². The van der Waals surface area contributed by atoms with E-state index in [2.05, 4.69) is 5.32 Å². The highest BCUT2D eigenvalue weighted by Crippen LogP contribution is 2.25. The van der Waals surface area contributed by atoms with Gasteiger partial charge in [-0.25, -0.2) is 0 Å². The maximum atomic E-state index is 12.3. The van der Waals surface area contributed by atoms with E-state index in [1.54, 1.807) is 0 Å². The summed E-state index contributed by atoms with van der Waals surface area (Å²) in [5.74, 6) is 0.207. The van der Waals surface area contributed by atoms with Gasteiger partial charge in [-0.2, -0.15) is 0 Å². The predicted octanol–water partition coefficient (Wildman–Crippen LogP) is 0.502. The number of hydrogen-bond donors (Lipinski definition) is 2. The third-order valence-electron chi connectivity index (χ3n) is 3.75. The van der Waals surface area contributed by atoms with Crippen LogP contribution in [0.15, 0.2) is 0 Å². The van der Waals surface area contributed by atoms with Gasteiger partial charge in [0.1, 0.15) is 0 Å². The van der Waals surface area contributed by atoms with Gasteiger partial charge in [0.25, 0.3) is 0 Å². The summed E-state index contributed by atoms with van der Waals surface area (Å²) in [6.45, 7) is 1.53. The van der Waals surface area contributed by atoms with Gasteiger partial charge in [-0.1, -0.05) is 6.42 Å². The van der Waals surface area contributed by atoms with Crippen LogP contribution in [0.2, 0.25) is 0 Å². The smallest absolute Gasteiger partial charge is 0.240 e. The molecule has 2 fully saturated rings. The Balaban J connectivity index is 1.92. The summed E-state index contributed by atoms with van der Waals surface area (Å²) in [7, 11) is 0. The number of aliphatic hydroxyl groups is 1. The first-order chi connectivity index (χ1) is 7.83. The van der Waals surface area contributed by atoms with Gasteiger partial charge in [0.05, 0.1) is 12.6 Å². The molecule has 1 saturated carbocycles. The average molecular weight is 226 g/mol. The molecule has 0 bridgehead atoms. The largest absolute Gasteiger partial charge is 0.395 e. The number of aliphatic hydroxyl groups excluding tert-OH is 1. The van der Waals surface area contributed by atoms with E-state index >= 15 is 0 Å². The number of carbonyl (C=O) groups excluding carboxylic acids is 1. The minimum absolute atomic E-state index is 0.000833. The van der Waals surface area contributed by atoms with Crippen molar-refractivity contribution >= 4 is 5.91 Å². The SMILES string of the molecule is O=C(C1CCCCN1)N(CCO)C1CCC1. The average Bonchev–Trinajstić information content (AvgIpc) is 2.26. The van der Waals surface area contributed by atoms with Gasteiger partial charge in [0.15, 0.2) is 0 Å². The van der Waals surface area contributed by atoms with Gasteiger partial charge in [-0.05, 0) is 38.6 Å². The zero-order valence-electron chi connectivity index (χ0n) is 9.82. The van der Waals surface area contributed by atoms with E-state index < -0.39 is 0 Å². The molecule has 2 N–H and O–H groups in total. The molecule has 0 aromatic rings. The number of rotatable bonds is 4. The topological polar surface area (TPSA) is 52.6 Å². The van der Waals surface area contributed by atoms with Crippen molar-refractivity contribution in [2.24, 2.45) is 0 Å². The highest BCUT2D eigenvalue weighted by Gasteiger charge is 2.32. The lowest BCUT2D eigenvalue weighted by atomic mass is 9.90. The Bertz CT molecular complexity index is 235. The van der Waals surface area contributed by atoms with E-state index in [0.717, 1.165) is 32.2 Å².